The highest BCUT2D eigenvalue weighted by Crippen LogP contribution is 2.38. The molecule has 7 heteroatoms. The van der Waals surface area contributed by atoms with E-state index in [1.54, 1.807) is 6.92 Å². The molecular weight excluding hydrogens is 256 g/mol. The number of hydrogen-bond donors (Lipinski definition) is 1. The molecule has 0 unspecified atom stereocenters. The molecule has 0 bridgehead atoms. The number of nitrogens with zero attached hydrogens (tertiary/aromatic N) is 2. The van der Waals surface area contributed by atoms with Gasteiger partial charge in [-0.3, -0.25) is 9.69 Å². The molecule has 18 heavy (non-hydrogen) atoms. The molecule has 1 amide bonds. The standard InChI is InChI=1S/C11H14N2O4S/c1-3-4-17-12-7-9(14)13-8(11(15)16)6(2)5-18-10(7)13/h10H,3-5H2,1-2H3,(H,15,16)/b12-7+/t10-/m1/s1. The summed E-state index contributed by atoms with van der Waals surface area (Å²) >= 11 is 1.49. The molecule has 2 rings (SSSR count). The van der Waals surface area contributed by atoms with Crippen LogP contribution in [-0.4, -0.2) is 45.3 Å². The lowest BCUT2D eigenvalue weighted by atomic mass is 10.1. The summed E-state index contributed by atoms with van der Waals surface area (Å²) in [7, 11) is 0. The Morgan fingerprint density at radius 1 is 1.67 bits per heavy atom. The van der Waals surface area contributed by atoms with Gasteiger partial charge < -0.3 is 9.94 Å². The number of hydrogen-bond acceptors (Lipinski definition) is 5. The van der Waals surface area contributed by atoms with Crippen LogP contribution < -0.4 is 0 Å². The number of carboxylic acids is 1. The first-order valence-electron chi connectivity index (χ1n) is 5.66. The molecule has 98 valence electrons. The number of β-lactam (4-membered cyclic amide) rings is 1. The van der Waals surface area contributed by atoms with Gasteiger partial charge in [-0.05, 0) is 18.9 Å². The van der Waals surface area contributed by atoms with Gasteiger partial charge >= 0.3 is 5.97 Å². The Hall–Kier alpha value is -1.50. The van der Waals surface area contributed by atoms with Gasteiger partial charge in [-0.15, -0.1) is 11.8 Å². The van der Waals surface area contributed by atoms with Gasteiger partial charge in [-0.1, -0.05) is 12.1 Å². The van der Waals surface area contributed by atoms with Crippen molar-refractivity contribution in [2.75, 3.05) is 12.4 Å². The fourth-order valence-electron chi connectivity index (χ4n) is 1.82. The number of amides is 1. The first-order valence-corrected chi connectivity index (χ1v) is 6.70. The average molecular weight is 270 g/mol. The van der Waals surface area contributed by atoms with Crippen molar-refractivity contribution in [3.63, 3.8) is 0 Å². The third-order valence-corrected chi connectivity index (χ3v) is 4.02. The summed E-state index contributed by atoms with van der Waals surface area (Å²) in [5.41, 5.74) is 1.09. The van der Waals surface area contributed by atoms with Gasteiger partial charge in [0.05, 0.1) is 0 Å². The summed E-state index contributed by atoms with van der Waals surface area (Å²) in [5, 5.41) is 12.6. The van der Waals surface area contributed by atoms with Crippen LogP contribution in [0.5, 0.6) is 0 Å². The number of carbonyl (C=O) groups excluding carboxylic acids is 1. The number of fused-ring (bicyclic) bond motifs is 1. The smallest absolute Gasteiger partial charge is 0.352 e. The van der Waals surface area contributed by atoms with Crippen LogP contribution in [0.3, 0.4) is 0 Å². The molecule has 0 saturated carbocycles. The van der Waals surface area contributed by atoms with Crippen LogP contribution in [-0.2, 0) is 14.4 Å². The molecule has 0 aromatic carbocycles. The van der Waals surface area contributed by atoms with E-state index in [1.165, 1.54) is 16.7 Å². The molecule has 2 aliphatic heterocycles. The molecule has 0 spiro atoms. The molecule has 6 nitrogen and oxygen atoms in total. The SMILES string of the molecule is CCCO/N=C1\C(=O)N2C(C(=O)O)=C(C)CS[C@H]12. The minimum atomic E-state index is -1.07. The molecule has 0 aromatic rings. The van der Waals surface area contributed by atoms with E-state index in [-0.39, 0.29) is 17.0 Å². The van der Waals surface area contributed by atoms with Gasteiger partial charge in [0.2, 0.25) is 0 Å². The topological polar surface area (TPSA) is 79.2 Å². The number of aliphatic carboxylic acids is 1. The van der Waals surface area contributed by atoms with Crippen molar-refractivity contribution in [3.05, 3.63) is 11.3 Å². The van der Waals surface area contributed by atoms with Crippen LogP contribution in [0.1, 0.15) is 20.3 Å². The molecule has 2 aliphatic rings. The molecule has 2 heterocycles. The van der Waals surface area contributed by atoms with Crippen LogP contribution in [0.15, 0.2) is 16.4 Å². The second-order valence-electron chi connectivity index (χ2n) is 4.08. The highest BCUT2D eigenvalue weighted by Gasteiger charge is 2.51. The van der Waals surface area contributed by atoms with Crippen molar-refractivity contribution in [1.29, 1.82) is 0 Å². The van der Waals surface area contributed by atoms with E-state index in [4.69, 9.17) is 9.94 Å². The normalized spacial score (nSPS) is 25.0. The Kier molecular flexibility index (Phi) is 3.60. The molecule has 1 N–H and O–H groups in total. The molecule has 0 aromatic heterocycles. The zero-order valence-electron chi connectivity index (χ0n) is 10.2. The van der Waals surface area contributed by atoms with Gasteiger partial charge in [0.1, 0.15) is 17.7 Å². The molecular formula is C11H14N2O4S. The number of thioether (sulfide) groups is 1. The molecule has 1 saturated heterocycles. The number of carbonyl (C=O) groups is 2. The maximum atomic E-state index is 11.9. The van der Waals surface area contributed by atoms with Gasteiger partial charge in [0, 0.05) is 5.75 Å². The zero-order chi connectivity index (χ0) is 13.3. The van der Waals surface area contributed by atoms with Crippen molar-refractivity contribution >= 4 is 29.4 Å². The average Bonchev–Trinajstić information content (AvgIpc) is 2.34. The molecule has 1 fully saturated rings. The Morgan fingerprint density at radius 3 is 3.00 bits per heavy atom. The minimum absolute atomic E-state index is 0.0817. The van der Waals surface area contributed by atoms with Crippen molar-refractivity contribution < 1.29 is 19.5 Å². The molecule has 0 aliphatic carbocycles. The van der Waals surface area contributed by atoms with Crippen molar-refractivity contribution in [3.8, 4) is 0 Å². The van der Waals surface area contributed by atoms with Gasteiger partial charge in [0.25, 0.3) is 5.91 Å². The third-order valence-electron chi connectivity index (χ3n) is 2.67. The van der Waals surface area contributed by atoms with E-state index in [1.807, 2.05) is 6.92 Å². The Morgan fingerprint density at radius 2 is 2.39 bits per heavy atom. The van der Waals surface area contributed by atoms with E-state index < -0.39 is 5.97 Å². The van der Waals surface area contributed by atoms with E-state index in [9.17, 15) is 9.59 Å². The van der Waals surface area contributed by atoms with Crippen LogP contribution in [0.2, 0.25) is 0 Å². The number of carboxylic acid groups (broad SMARTS) is 1. The van der Waals surface area contributed by atoms with Gasteiger partial charge in [0.15, 0.2) is 5.71 Å². The van der Waals surface area contributed by atoms with Gasteiger partial charge in [-0.2, -0.15) is 0 Å². The Labute approximate surface area is 109 Å². The quantitative estimate of drug-likeness (QED) is 0.469. The first kappa shape index (κ1) is 12.9. The highest BCUT2D eigenvalue weighted by molar-refractivity contribution is 8.01. The van der Waals surface area contributed by atoms with Crippen LogP contribution in [0.25, 0.3) is 0 Å². The highest BCUT2D eigenvalue weighted by atomic mass is 32.2. The van der Waals surface area contributed by atoms with E-state index in [0.29, 0.717) is 23.6 Å². The predicted octanol–water partition coefficient (Wildman–Crippen LogP) is 1.04. The van der Waals surface area contributed by atoms with Crippen LogP contribution in [0.4, 0.5) is 0 Å². The van der Waals surface area contributed by atoms with Crippen molar-refractivity contribution in [1.82, 2.24) is 4.90 Å². The third kappa shape index (κ3) is 1.98. The fraction of sp³-hybridized carbons (Fsp3) is 0.545. The van der Waals surface area contributed by atoms with Crippen molar-refractivity contribution in [2.45, 2.75) is 25.6 Å². The fourth-order valence-corrected chi connectivity index (χ4v) is 3.01. The van der Waals surface area contributed by atoms with E-state index in [0.717, 1.165) is 6.42 Å². The second kappa shape index (κ2) is 5.01. The maximum Gasteiger partial charge on any atom is 0.352 e. The first-order chi connectivity index (χ1) is 8.57. The Bertz CT molecular complexity index is 458. The summed E-state index contributed by atoms with van der Waals surface area (Å²) in [6.45, 7) is 4.12. The Balaban J connectivity index is 2.18. The summed E-state index contributed by atoms with van der Waals surface area (Å²) < 4.78 is 0. The molecule has 0 radical (unpaired) electrons. The lowest BCUT2D eigenvalue weighted by Gasteiger charge is -2.43. The van der Waals surface area contributed by atoms with E-state index >= 15 is 0 Å². The van der Waals surface area contributed by atoms with Gasteiger partial charge in [-0.25, -0.2) is 4.79 Å². The monoisotopic (exact) mass is 270 g/mol. The summed E-state index contributed by atoms with van der Waals surface area (Å²) in [6.07, 6.45) is 0.811. The maximum absolute atomic E-state index is 11.9. The summed E-state index contributed by atoms with van der Waals surface area (Å²) in [5.74, 6) is -0.859. The number of oxime groups is 1. The lowest BCUT2D eigenvalue weighted by molar-refractivity contribution is -0.139. The van der Waals surface area contributed by atoms with E-state index in [2.05, 4.69) is 5.16 Å². The van der Waals surface area contributed by atoms with Crippen LogP contribution >= 0.6 is 11.8 Å². The zero-order valence-corrected chi connectivity index (χ0v) is 11.0. The predicted molar refractivity (Wildman–Crippen MR) is 67.1 cm³/mol. The summed E-state index contributed by atoms with van der Waals surface area (Å²) in [6, 6.07) is 0. The van der Waals surface area contributed by atoms with Crippen molar-refractivity contribution in [2.24, 2.45) is 5.16 Å². The lowest BCUT2D eigenvalue weighted by Crippen LogP contribution is -2.62. The minimum Gasteiger partial charge on any atom is -0.477 e. The van der Waals surface area contributed by atoms with Crippen LogP contribution in [0, 0.1) is 0 Å². The second-order valence-corrected chi connectivity index (χ2v) is 5.15. The summed E-state index contributed by atoms with van der Waals surface area (Å²) in [4.78, 5) is 29.3. The largest absolute Gasteiger partial charge is 0.477 e. The number of rotatable bonds is 4. The molecule has 1 atom stereocenters.